The molecule has 0 bridgehead atoms. The minimum Gasteiger partial charge on any atom is -0.360 e. The van der Waals surface area contributed by atoms with Crippen molar-refractivity contribution in [2.24, 2.45) is 0 Å². The molecule has 0 unspecified atom stereocenters. The average Bonchev–Trinajstić information content (AvgIpc) is 3.77. The summed E-state index contributed by atoms with van der Waals surface area (Å²) < 4.78 is 25.7. The van der Waals surface area contributed by atoms with Crippen LogP contribution in [0.4, 0.5) is 5.82 Å². The first kappa shape index (κ1) is 26.6. The van der Waals surface area contributed by atoms with Crippen molar-refractivity contribution in [2.45, 2.75) is 69.9 Å². The molecule has 1 atom stereocenters. The molecule has 5 rings (SSSR count). The van der Waals surface area contributed by atoms with Crippen LogP contribution < -0.4 is 16.4 Å². The quantitative estimate of drug-likeness (QED) is 0.300. The number of pyridine rings is 1. The monoisotopic (exact) mass is 550 g/mol. The fourth-order valence-corrected chi connectivity index (χ4v) is 5.35. The molecule has 0 saturated heterocycles. The van der Waals surface area contributed by atoms with Gasteiger partial charge in [0.2, 0.25) is 0 Å². The smallest absolute Gasteiger partial charge is 0.295 e. The van der Waals surface area contributed by atoms with E-state index in [1.54, 1.807) is 17.6 Å². The summed E-state index contributed by atoms with van der Waals surface area (Å²) in [5, 5.41) is 3.04. The zero-order chi connectivity index (χ0) is 27.7. The predicted molar refractivity (Wildman–Crippen MR) is 146 cm³/mol. The highest BCUT2D eigenvalue weighted by Gasteiger charge is 2.30. The van der Waals surface area contributed by atoms with Gasteiger partial charge in [-0.05, 0) is 38.3 Å². The number of fused-ring (bicyclic) bond motifs is 1. The molecule has 0 aromatic carbocycles. The van der Waals surface area contributed by atoms with Crippen molar-refractivity contribution < 1.29 is 8.42 Å². The number of nitrogens with one attached hydrogen (secondary N) is 2. The molecule has 0 radical (unpaired) electrons. The van der Waals surface area contributed by atoms with Gasteiger partial charge in [0.15, 0.2) is 27.1 Å². The summed E-state index contributed by atoms with van der Waals surface area (Å²) >= 11 is 0. The van der Waals surface area contributed by atoms with Crippen LogP contribution in [0.25, 0.3) is 22.6 Å². The van der Waals surface area contributed by atoms with Crippen molar-refractivity contribution in [2.75, 3.05) is 11.1 Å². The largest absolute Gasteiger partial charge is 0.360 e. The van der Waals surface area contributed by atoms with Gasteiger partial charge in [0.1, 0.15) is 11.1 Å². The number of hydrogen-bond donors (Lipinski definition) is 2. The second kappa shape index (κ2) is 10.6. The summed E-state index contributed by atoms with van der Waals surface area (Å²) in [7, 11) is -3.35. The second-order valence-corrected chi connectivity index (χ2v) is 12.0. The number of sulfone groups is 1. The van der Waals surface area contributed by atoms with E-state index in [0.717, 1.165) is 25.7 Å². The van der Waals surface area contributed by atoms with Crippen molar-refractivity contribution in [1.29, 1.82) is 0 Å². The Morgan fingerprint density at radius 1 is 1.10 bits per heavy atom. The zero-order valence-corrected chi connectivity index (χ0v) is 22.8. The van der Waals surface area contributed by atoms with Crippen LogP contribution >= 0.6 is 0 Å². The molecule has 1 aliphatic carbocycles. The fourth-order valence-electron chi connectivity index (χ4n) is 4.53. The van der Waals surface area contributed by atoms with Crippen LogP contribution in [0.15, 0.2) is 45.3 Å². The molecule has 39 heavy (non-hydrogen) atoms. The third-order valence-electron chi connectivity index (χ3n) is 6.82. The molecule has 12 nitrogen and oxygen atoms in total. The van der Waals surface area contributed by atoms with Crippen molar-refractivity contribution in [3.63, 3.8) is 0 Å². The lowest BCUT2D eigenvalue weighted by Crippen LogP contribution is -2.29. The summed E-state index contributed by atoms with van der Waals surface area (Å²) in [5.41, 5.74) is 1.60. The number of rotatable bonds is 10. The highest BCUT2D eigenvalue weighted by Crippen LogP contribution is 2.41. The average molecular weight is 551 g/mol. The molecule has 0 aliphatic heterocycles. The molecule has 1 saturated carbocycles. The molecular formula is C26H30N8O4S. The Hall–Kier alpha value is -4.00. The Balaban J connectivity index is 1.54. The van der Waals surface area contributed by atoms with E-state index in [1.807, 2.05) is 13.8 Å². The first-order valence-electron chi connectivity index (χ1n) is 13.0. The van der Waals surface area contributed by atoms with Gasteiger partial charge < -0.3 is 10.3 Å². The standard InChI is InChI=1S/C26H30N8O4S/c1-4-6-15(3)34-24-19(13-29-22(33-24)20-21(16-7-8-16)30-14-31-25(20)35)32-23(26(34)36)28-11-17-9-10-18(12-27-17)39(37,38)5-2/h9-10,12-16H,4-8,11H2,1-3H3,(H,28,32)(H,30,31,35)/t15-/m0/s1. The summed E-state index contributed by atoms with van der Waals surface area (Å²) in [6.45, 7) is 5.72. The first-order valence-corrected chi connectivity index (χ1v) is 14.7. The van der Waals surface area contributed by atoms with Crippen LogP contribution in [-0.2, 0) is 16.4 Å². The molecule has 13 heteroatoms. The topological polar surface area (TPSA) is 165 Å². The van der Waals surface area contributed by atoms with Gasteiger partial charge in [-0.3, -0.25) is 19.1 Å². The van der Waals surface area contributed by atoms with Crippen molar-refractivity contribution in [3.05, 3.63) is 62.9 Å². The van der Waals surface area contributed by atoms with Gasteiger partial charge in [-0.2, -0.15) is 0 Å². The van der Waals surface area contributed by atoms with Crippen LogP contribution in [0.1, 0.15) is 69.8 Å². The minimum atomic E-state index is -3.35. The lowest BCUT2D eigenvalue weighted by Gasteiger charge is -2.18. The Kier molecular flexibility index (Phi) is 7.25. The number of nitrogens with zero attached hydrogens (tertiary/aromatic N) is 6. The summed E-state index contributed by atoms with van der Waals surface area (Å²) in [6, 6.07) is 2.92. The van der Waals surface area contributed by atoms with Gasteiger partial charge in [0.05, 0.1) is 41.1 Å². The molecule has 1 aliphatic rings. The van der Waals surface area contributed by atoms with Crippen LogP contribution in [0, 0.1) is 0 Å². The van der Waals surface area contributed by atoms with Gasteiger partial charge in [-0.15, -0.1) is 0 Å². The maximum Gasteiger partial charge on any atom is 0.295 e. The Morgan fingerprint density at radius 2 is 1.90 bits per heavy atom. The van der Waals surface area contributed by atoms with Gasteiger partial charge >= 0.3 is 0 Å². The first-order chi connectivity index (χ1) is 18.7. The van der Waals surface area contributed by atoms with Crippen LogP contribution in [0.2, 0.25) is 0 Å². The van der Waals surface area contributed by atoms with Gasteiger partial charge in [-0.1, -0.05) is 20.3 Å². The van der Waals surface area contributed by atoms with Gasteiger partial charge in [-0.25, -0.2) is 28.4 Å². The molecule has 1 fully saturated rings. The van der Waals surface area contributed by atoms with E-state index in [2.05, 4.69) is 35.2 Å². The Morgan fingerprint density at radius 3 is 2.56 bits per heavy atom. The van der Waals surface area contributed by atoms with Gasteiger partial charge in [0, 0.05) is 18.2 Å². The van der Waals surface area contributed by atoms with Crippen LogP contribution in [0.3, 0.4) is 0 Å². The van der Waals surface area contributed by atoms with Crippen molar-refractivity contribution in [3.8, 4) is 11.4 Å². The number of aromatic nitrogens is 7. The predicted octanol–water partition coefficient (Wildman–Crippen LogP) is 2.98. The van der Waals surface area contributed by atoms with Crippen molar-refractivity contribution in [1.82, 2.24) is 34.5 Å². The van der Waals surface area contributed by atoms with E-state index in [0.29, 0.717) is 28.1 Å². The van der Waals surface area contributed by atoms with E-state index < -0.39 is 9.84 Å². The van der Waals surface area contributed by atoms with E-state index in [4.69, 9.17) is 0 Å². The number of hydrogen-bond acceptors (Lipinski definition) is 10. The van der Waals surface area contributed by atoms with E-state index in [1.165, 1.54) is 24.8 Å². The highest BCUT2D eigenvalue weighted by molar-refractivity contribution is 7.91. The Labute approximate surface area is 224 Å². The maximum absolute atomic E-state index is 13.6. The van der Waals surface area contributed by atoms with Crippen LogP contribution in [0.5, 0.6) is 0 Å². The summed E-state index contributed by atoms with van der Waals surface area (Å²) in [5.74, 6) is 0.511. The zero-order valence-electron chi connectivity index (χ0n) is 22.0. The summed E-state index contributed by atoms with van der Waals surface area (Å²) in [6.07, 6.45) is 7.72. The summed E-state index contributed by atoms with van der Waals surface area (Å²) in [4.78, 5) is 51.4. The third kappa shape index (κ3) is 5.31. The lowest BCUT2D eigenvalue weighted by molar-refractivity contribution is 0.497. The molecular weight excluding hydrogens is 520 g/mol. The molecule has 0 spiro atoms. The minimum absolute atomic E-state index is 0.0103. The van der Waals surface area contributed by atoms with Crippen LogP contribution in [-0.4, -0.2) is 48.6 Å². The molecule has 0 amide bonds. The van der Waals surface area contributed by atoms with E-state index in [-0.39, 0.29) is 51.9 Å². The molecule has 4 aromatic heterocycles. The molecule has 204 valence electrons. The SMILES string of the molecule is CCC[C@H](C)n1c(=O)c(NCc2ccc(S(=O)(=O)CC)cn2)nc2cnc(-c3c(C4CC4)nc[nH]c3=O)nc21. The molecule has 4 heterocycles. The second-order valence-electron chi connectivity index (χ2n) is 9.68. The molecule has 2 N–H and O–H groups in total. The maximum atomic E-state index is 13.6. The lowest BCUT2D eigenvalue weighted by atomic mass is 10.1. The number of anilines is 1. The van der Waals surface area contributed by atoms with E-state index in [9.17, 15) is 18.0 Å². The fraction of sp³-hybridized carbons (Fsp3) is 0.423. The normalized spacial score (nSPS) is 14.4. The third-order valence-corrected chi connectivity index (χ3v) is 8.54. The Bertz CT molecular complexity index is 1750. The highest BCUT2D eigenvalue weighted by atomic mass is 32.2. The number of aromatic amines is 1. The van der Waals surface area contributed by atoms with E-state index >= 15 is 0 Å². The van der Waals surface area contributed by atoms with Crippen molar-refractivity contribution >= 4 is 26.8 Å². The van der Waals surface area contributed by atoms with Gasteiger partial charge in [0.25, 0.3) is 11.1 Å². The number of H-pyrrole nitrogens is 1. The molecule has 4 aromatic rings.